The topological polar surface area (TPSA) is 49.7 Å². The minimum Gasteiger partial charge on any atom is -0.411 e. The minimum atomic E-state index is -0.221. The first-order valence-electron chi connectivity index (χ1n) is 5.65. The molecule has 0 aliphatic rings. The first kappa shape index (κ1) is 12.0. The Morgan fingerprint density at radius 2 is 1.72 bits per heavy atom. The Labute approximate surface area is 105 Å². The standard InChI is InChI=1S/C15H13NO2/c17-14(11-16-18)10-13-8-4-5-9-15(13)12-6-2-1-3-7-12/h1-9,11,18H,10H2/b16-11+. The molecule has 0 atom stereocenters. The maximum atomic E-state index is 11.5. The molecule has 0 unspecified atom stereocenters. The lowest BCUT2D eigenvalue weighted by Crippen LogP contribution is -2.05. The third kappa shape index (κ3) is 2.83. The van der Waals surface area contributed by atoms with E-state index in [1.165, 1.54) is 0 Å². The maximum absolute atomic E-state index is 11.5. The van der Waals surface area contributed by atoms with Gasteiger partial charge in [0.2, 0.25) is 0 Å². The zero-order valence-corrected chi connectivity index (χ0v) is 9.78. The number of ketones is 1. The molecule has 0 aromatic heterocycles. The number of Topliss-reactive ketones (excluding diaryl/α,β-unsaturated/α-hetero) is 1. The lowest BCUT2D eigenvalue weighted by atomic mass is 9.97. The molecule has 1 N–H and O–H groups in total. The predicted octanol–water partition coefficient (Wildman–Crippen LogP) is 2.93. The quantitative estimate of drug-likeness (QED) is 0.506. The van der Waals surface area contributed by atoms with E-state index in [1.54, 1.807) is 0 Å². The average Bonchev–Trinajstić information content (AvgIpc) is 2.40. The largest absolute Gasteiger partial charge is 0.411 e. The van der Waals surface area contributed by atoms with Crippen LogP contribution in [-0.4, -0.2) is 17.2 Å². The molecule has 90 valence electrons. The van der Waals surface area contributed by atoms with E-state index in [0.717, 1.165) is 22.9 Å². The second-order valence-electron chi connectivity index (χ2n) is 3.91. The van der Waals surface area contributed by atoms with Gasteiger partial charge in [0.05, 0.1) is 0 Å². The Bertz CT molecular complexity index is 562. The molecule has 2 rings (SSSR count). The molecular weight excluding hydrogens is 226 g/mol. The molecule has 2 aromatic rings. The zero-order valence-electron chi connectivity index (χ0n) is 9.78. The van der Waals surface area contributed by atoms with Gasteiger partial charge in [-0.1, -0.05) is 59.8 Å². The van der Waals surface area contributed by atoms with Gasteiger partial charge in [-0.05, 0) is 16.7 Å². The average molecular weight is 239 g/mol. The van der Waals surface area contributed by atoms with Crippen molar-refractivity contribution in [3.05, 3.63) is 60.2 Å². The Kier molecular flexibility index (Phi) is 3.86. The van der Waals surface area contributed by atoms with Crippen LogP contribution >= 0.6 is 0 Å². The van der Waals surface area contributed by atoms with Gasteiger partial charge in [0.15, 0.2) is 5.78 Å². The fourth-order valence-electron chi connectivity index (χ4n) is 1.87. The first-order chi connectivity index (χ1) is 8.81. The van der Waals surface area contributed by atoms with Crippen LogP contribution in [0, 0.1) is 0 Å². The van der Waals surface area contributed by atoms with Crippen LogP contribution in [0.2, 0.25) is 0 Å². The number of hydrogen-bond acceptors (Lipinski definition) is 3. The van der Waals surface area contributed by atoms with Crippen LogP contribution in [0.3, 0.4) is 0 Å². The van der Waals surface area contributed by atoms with Crippen molar-refractivity contribution in [1.29, 1.82) is 0 Å². The molecule has 0 aliphatic carbocycles. The normalized spacial score (nSPS) is 10.7. The summed E-state index contributed by atoms with van der Waals surface area (Å²) in [6.45, 7) is 0. The summed E-state index contributed by atoms with van der Waals surface area (Å²) in [6.07, 6.45) is 1.16. The van der Waals surface area contributed by atoms with Crippen LogP contribution in [-0.2, 0) is 11.2 Å². The van der Waals surface area contributed by atoms with Crippen LogP contribution in [0.25, 0.3) is 11.1 Å². The van der Waals surface area contributed by atoms with Gasteiger partial charge >= 0.3 is 0 Å². The van der Waals surface area contributed by atoms with Crippen molar-refractivity contribution >= 4 is 12.0 Å². The van der Waals surface area contributed by atoms with Crippen molar-refractivity contribution in [3.8, 4) is 11.1 Å². The van der Waals surface area contributed by atoms with Gasteiger partial charge in [-0.15, -0.1) is 0 Å². The van der Waals surface area contributed by atoms with Crippen molar-refractivity contribution in [2.45, 2.75) is 6.42 Å². The van der Waals surface area contributed by atoms with E-state index < -0.39 is 0 Å². The van der Waals surface area contributed by atoms with E-state index in [2.05, 4.69) is 5.16 Å². The number of hydrogen-bond donors (Lipinski definition) is 1. The van der Waals surface area contributed by atoms with E-state index in [4.69, 9.17) is 5.21 Å². The molecular formula is C15H13NO2. The van der Waals surface area contributed by atoms with Crippen molar-refractivity contribution in [1.82, 2.24) is 0 Å². The number of rotatable bonds is 4. The summed E-state index contributed by atoms with van der Waals surface area (Å²) in [7, 11) is 0. The highest BCUT2D eigenvalue weighted by molar-refractivity contribution is 6.28. The first-order valence-corrected chi connectivity index (χ1v) is 5.65. The molecule has 0 spiro atoms. The SMILES string of the molecule is O=C(/C=N/O)Cc1ccccc1-c1ccccc1. The molecule has 18 heavy (non-hydrogen) atoms. The summed E-state index contributed by atoms with van der Waals surface area (Å²) in [5.41, 5.74) is 3.02. The molecule has 0 fully saturated rings. The summed E-state index contributed by atoms with van der Waals surface area (Å²) in [6, 6.07) is 17.6. The summed E-state index contributed by atoms with van der Waals surface area (Å²) in [4.78, 5) is 11.5. The third-order valence-electron chi connectivity index (χ3n) is 2.67. The number of carbonyl (C=O) groups excluding carboxylic acids is 1. The molecule has 3 heteroatoms. The fraction of sp³-hybridized carbons (Fsp3) is 0.0667. The van der Waals surface area contributed by atoms with E-state index >= 15 is 0 Å². The van der Waals surface area contributed by atoms with Crippen LogP contribution in [0.4, 0.5) is 0 Å². The second kappa shape index (κ2) is 5.77. The van der Waals surface area contributed by atoms with Gasteiger partial charge in [-0.25, -0.2) is 0 Å². The van der Waals surface area contributed by atoms with E-state index in [9.17, 15) is 4.79 Å². The summed E-state index contributed by atoms with van der Waals surface area (Å²) < 4.78 is 0. The van der Waals surface area contributed by atoms with Crippen LogP contribution in [0.15, 0.2) is 59.8 Å². The van der Waals surface area contributed by atoms with Gasteiger partial charge in [0, 0.05) is 6.42 Å². The van der Waals surface area contributed by atoms with Gasteiger partial charge in [0.1, 0.15) is 6.21 Å². The van der Waals surface area contributed by atoms with Crippen LogP contribution in [0.5, 0.6) is 0 Å². The van der Waals surface area contributed by atoms with E-state index in [-0.39, 0.29) is 12.2 Å². The van der Waals surface area contributed by atoms with Crippen molar-refractivity contribution < 1.29 is 10.0 Å². The smallest absolute Gasteiger partial charge is 0.181 e. The molecule has 0 bridgehead atoms. The minimum absolute atomic E-state index is 0.221. The monoisotopic (exact) mass is 239 g/mol. The Morgan fingerprint density at radius 1 is 1.06 bits per heavy atom. The number of carbonyl (C=O) groups is 1. The Balaban J connectivity index is 2.35. The second-order valence-corrected chi connectivity index (χ2v) is 3.91. The summed E-state index contributed by atoms with van der Waals surface area (Å²) in [5, 5.41) is 11.1. The number of nitrogens with zero attached hydrogens (tertiary/aromatic N) is 1. The highest BCUT2D eigenvalue weighted by Gasteiger charge is 2.07. The molecule has 0 radical (unpaired) electrons. The molecule has 0 aliphatic heterocycles. The Morgan fingerprint density at radius 3 is 2.44 bits per heavy atom. The zero-order chi connectivity index (χ0) is 12.8. The van der Waals surface area contributed by atoms with Crippen molar-refractivity contribution in [2.75, 3.05) is 0 Å². The third-order valence-corrected chi connectivity index (χ3v) is 2.67. The lowest BCUT2D eigenvalue weighted by Gasteiger charge is -2.07. The Hall–Kier alpha value is -2.42. The van der Waals surface area contributed by atoms with Gasteiger partial charge in [0.25, 0.3) is 0 Å². The summed E-state index contributed by atoms with van der Waals surface area (Å²) in [5.74, 6) is -0.221. The number of benzene rings is 2. The van der Waals surface area contributed by atoms with Crippen molar-refractivity contribution in [3.63, 3.8) is 0 Å². The maximum Gasteiger partial charge on any atom is 0.181 e. The fourth-order valence-corrected chi connectivity index (χ4v) is 1.87. The molecule has 0 amide bonds. The highest BCUT2D eigenvalue weighted by Crippen LogP contribution is 2.23. The molecule has 3 nitrogen and oxygen atoms in total. The summed E-state index contributed by atoms with van der Waals surface area (Å²) >= 11 is 0. The van der Waals surface area contributed by atoms with Gasteiger partial charge in [-0.3, -0.25) is 4.79 Å². The van der Waals surface area contributed by atoms with Crippen molar-refractivity contribution in [2.24, 2.45) is 5.16 Å². The lowest BCUT2D eigenvalue weighted by molar-refractivity contribution is -0.112. The van der Waals surface area contributed by atoms with Crippen LogP contribution < -0.4 is 0 Å². The molecule has 0 heterocycles. The van der Waals surface area contributed by atoms with E-state index in [0.29, 0.717) is 0 Å². The highest BCUT2D eigenvalue weighted by atomic mass is 16.4. The van der Waals surface area contributed by atoms with Crippen LogP contribution in [0.1, 0.15) is 5.56 Å². The van der Waals surface area contributed by atoms with E-state index in [1.807, 2.05) is 54.6 Å². The van der Waals surface area contributed by atoms with Gasteiger partial charge in [-0.2, -0.15) is 0 Å². The molecule has 2 aromatic carbocycles. The molecule has 0 saturated carbocycles. The predicted molar refractivity (Wildman–Crippen MR) is 70.9 cm³/mol. The molecule has 0 saturated heterocycles. The number of oxime groups is 1. The van der Waals surface area contributed by atoms with Gasteiger partial charge < -0.3 is 5.21 Å².